The molecule has 0 saturated carbocycles. The first-order chi connectivity index (χ1) is 10.8. The monoisotopic (exact) mass is 357 g/mol. The van der Waals surface area contributed by atoms with Gasteiger partial charge in [0.1, 0.15) is 5.82 Å². The van der Waals surface area contributed by atoms with Crippen LogP contribution < -0.4 is 4.72 Å². The van der Waals surface area contributed by atoms with Crippen molar-refractivity contribution in [3.05, 3.63) is 58.9 Å². The zero-order valence-electron chi connectivity index (χ0n) is 12.0. The fourth-order valence-corrected chi connectivity index (χ4v) is 2.99. The van der Waals surface area contributed by atoms with Crippen molar-refractivity contribution in [1.29, 1.82) is 0 Å². The van der Waals surface area contributed by atoms with E-state index in [9.17, 15) is 17.6 Å². The van der Waals surface area contributed by atoms with Gasteiger partial charge in [0.2, 0.25) is 0 Å². The first-order valence-corrected chi connectivity index (χ1v) is 8.44. The van der Waals surface area contributed by atoms with E-state index >= 15 is 0 Å². The number of esters is 1. The van der Waals surface area contributed by atoms with Gasteiger partial charge in [-0.25, -0.2) is 17.6 Å². The Labute approximate surface area is 138 Å². The molecule has 2 aromatic carbocycles. The SMILES string of the molecule is CCOC(=O)c1ccc(S(=O)(=O)Nc2ccc(F)c(Cl)c2)cc1. The van der Waals surface area contributed by atoms with Gasteiger partial charge >= 0.3 is 5.97 Å². The van der Waals surface area contributed by atoms with Crippen molar-refractivity contribution in [2.45, 2.75) is 11.8 Å². The van der Waals surface area contributed by atoms with Gasteiger partial charge in [-0.05, 0) is 49.4 Å². The molecular formula is C15H13ClFNO4S. The van der Waals surface area contributed by atoms with Crippen molar-refractivity contribution < 1.29 is 22.3 Å². The van der Waals surface area contributed by atoms with E-state index in [1.165, 1.54) is 36.4 Å². The molecule has 0 heterocycles. The highest BCUT2D eigenvalue weighted by atomic mass is 35.5. The van der Waals surface area contributed by atoms with Crippen molar-refractivity contribution >= 4 is 33.3 Å². The quantitative estimate of drug-likeness (QED) is 0.832. The Balaban J connectivity index is 2.22. The fraction of sp³-hybridized carbons (Fsp3) is 0.133. The molecule has 0 saturated heterocycles. The van der Waals surface area contributed by atoms with Crippen LogP contribution in [0.4, 0.5) is 10.1 Å². The van der Waals surface area contributed by atoms with Crippen molar-refractivity contribution in [1.82, 2.24) is 0 Å². The third-order valence-corrected chi connectivity index (χ3v) is 4.53. The van der Waals surface area contributed by atoms with Crippen molar-refractivity contribution in [3.8, 4) is 0 Å². The average molecular weight is 358 g/mol. The van der Waals surface area contributed by atoms with Crippen LogP contribution in [0, 0.1) is 5.82 Å². The molecule has 0 aromatic heterocycles. The van der Waals surface area contributed by atoms with E-state index in [0.717, 1.165) is 6.07 Å². The number of carbonyl (C=O) groups excluding carboxylic acids is 1. The summed E-state index contributed by atoms with van der Waals surface area (Å²) < 4.78 is 44.7. The van der Waals surface area contributed by atoms with E-state index in [4.69, 9.17) is 16.3 Å². The number of nitrogens with one attached hydrogen (secondary N) is 1. The molecule has 0 aliphatic rings. The van der Waals surface area contributed by atoms with Crippen molar-refractivity contribution in [3.63, 3.8) is 0 Å². The smallest absolute Gasteiger partial charge is 0.338 e. The number of anilines is 1. The fourth-order valence-electron chi connectivity index (χ4n) is 1.76. The number of benzene rings is 2. The van der Waals surface area contributed by atoms with Crippen LogP contribution in [-0.2, 0) is 14.8 Å². The first-order valence-electron chi connectivity index (χ1n) is 6.58. The standard InChI is InChI=1S/C15H13ClFNO4S/c1-2-22-15(19)10-3-6-12(7-4-10)23(20,21)18-11-5-8-14(17)13(16)9-11/h3-9,18H,2H2,1H3. The van der Waals surface area contributed by atoms with Crippen LogP contribution in [0.2, 0.25) is 5.02 Å². The molecule has 5 nitrogen and oxygen atoms in total. The summed E-state index contributed by atoms with van der Waals surface area (Å²) in [4.78, 5) is 11.5. The van der Waals surface area contributed by atoms with E-state index in [1.807, 2.05) is 0 Å². The minimum atomic E-state index is -3.88. The van der Waals surface area contributed by atoms with Crippen LogP contribution in [0.3, 0.4) is 0 Å². The highest BCUT2D eigenvalue weighted by Crippen LogP contribution is 2.22. The molecule has 0 aliphatic heterocycles. The van der Waals surface area contributed by atoms with E-state index in [0.29, 0.717) is 0 Å². The van der Waals surface area contributed by atoms with Gasteiger partial charge in [-0.3, -0.25) is 4.72 Å². The Hall–Kier alpha value is -2.12. The summed E-state index contributed by atoms with van der Waals surface area (Å²) in [5, 5.41) is -0.192. The van der Waals surface area contributed by atoms with Gasteiger partial charge < -0.3 is 4.74 Å². The van der Waals surface area contributed by atoms with Crippen LogP contribution in [0.5, 0.6) is 0 Å². The highest BCUT2D eigenvalue weighted by Gasteiger charge is 2.16. The maximum Gasteiger partial charge on any atom is 0.338 e. The van der Waals surface area contributed by atoms with Gasteiger partial charge in [-0.2, -0.15) is 0 Å². The summed E-state index contributed by atoms with van der Waals surface area (Å²) in [6.07, 6.45) is 0. The predicted octanol–water partition coefficient (Wildman–Crippen LogP) is 3.46. The Bertz CT molecular complexity index is 822. The second-order valence-corrected chi connectivity index (χ2v) is 6.57. The molecule has 0 spiro atoms. The summed E-state index contributed by atoms with van der Waals surface area (Å²) in [7, 11) is -3.88. The zero-order valence-corrected chi connectivity index (χ0v) is 13.6. The molecule has 0 radical (unpaired) electrons. The summed E-state index contributed by atoms with van der Waals surface area (Å²) in [5.74, 6) is -1.18. The van der Waals surface area contributed by atoms with Crippen LogP contribution >= 0.6 is 11.6 Å². The maximum absolute atomic E-state index is 13.1. The van der Waals surface area contributed by atoms with E-state index in [2.05, 4.69) is 4.72 Å². The lowest BCUT2D eigenvalue weighted by Crippen LogP contribution is -2.13. The Morgan fingerprint density at radius 3 is 2.43 bits per heavy atom. The predicted molar refractivity (Wildman–Crippen MR) is 84.6 cm³/mol. The van der Waals surface area contributed by atoms with E-state index in [-0.39, 0.29) is 27.8 Å². The summed E-state index contributed by atoms with van der Waals surface area (Å²) in [5.41, 5.74) is 0.376. The maximum atomic E-state index is 13.1. The molecule has 0 aliphatic carbocycles. The number of hydrogen-bond acceptors (Lipinski definition) is 4. The molecule has 0 bridgehead atoms. The summed E-state index contributed by atoms with van der Waals surface area (Å²) in [6, 6.07) is 8.74. The van der Waals surface area contributed by atoms with Gasteiger partial charge in [0, 0.05) is 0 Å². The molecule has 23 heavy (non-hydrogen) atoms. The number of rotatable bonds is 5. The number of ether oxygens (including phenoxy) is 1. The zero-order chi connectivity index (χ0) is 17.0. The van der Waals surface area contributed by atoms with E-state index < -0.39 is 21.8 Å². The second-order valence-electron chi connectivity index (χ2n) is 4.48. The van der Waals surface area contributed by atoms with Gasteiger partial charge in [0.25, 0.3) is 10.0 Å². The van der Waals surface area contributed by atoms with Gasteiger partial charge in [0.05, 0.1) is 27.8 Å². The van der Waals surface area contributed by atoms with Gasteiger partial charge in [0.15, 0.2) is 0 Å². The number of sulfonamides is 1. The molecule has 8 heteroatoms. The third kappa shape index (κ3) is 4.20. The number of halogens is 2. The molecule has 0 fully saturated rings. The Morgan fingerprint density at radius 1 is 1.22 bits per heavy atom. The number of hydrogen-bond donors (Lipinski definition) is 1. The van der Waals surface area contributed by atoms with Gasteiger partial charge in [-0.15, -0.1) is 0 Å². The third-order valence-electron chi connectivity index (χ3n) is 2.85. The molecule has 0 amide bonds. The largest absolute Gasteiger partial charge is 0.462 e. The molecule has 0 unspecified atom stereocenters. The Kier molecular flexibility index (Phi) is 5.23. The molecule has 122 valence electrons. The van der Waals surface area contributed by atoms with Crippen LogP contribution in [0.25, 0.3) is 0 Å². The van der Waals surface area contributed by atoms with Crippen LogP contribution in [0.15, 0.2) is 47.4 Å². The summed E-state index contributed by atoms with van der Waals surface area (Å²) in [6.45, 7) is 1.90. The first kappa shape index (κ1) is 17.2. The molecule has 2 aromatic rings. The lowest BCUT2D eigenvalue weighted by atomic mass is 10.2. The second kappa shape index (κ2) is 6.97. The molecular weight excluding hydrogens is 345 g/mol. The van der Waals surface area contributed by atoms with Crippen molar-refractivity contribution in [2.75, 3.05) is 11.3 Å². The molecule has 0 atom stereocenters. The van der Waals surface area contributed by atoms with Crippen molar-refractivity contribution in [2.24, 2.45) is 0 Å². The van der Waals surface area contributed by atoms with Crippen LogP contribution in [-0.4, -0.2) is 21.0 Å². The average Bonchev–Trinajstić information content (AvgIpc) is 2.51. The normalized spacial score (nSPS) is 11.1. The molecule has 2 rings (SSSR count). The summed E-state index contributed by atoms with van der Waals surface area (Å²) >= 11 is 5.61. The minimum absolute atomic E-state index is 0.0500. The lowest BCUT2D eigenvalue weighted by Gasteiger charge is -2.09. The minimum Gasteiger partial charge on any atom is -0.462 e. The molecule has 1 N–H and O–H groups in total. The Morgan fingerprint density at radius 2 is 1.87 bits per heavy atom. The number of carbonyl (C=O) groups is 1. The topological polar surface area (TPSA) is 72.5 Å². The highest BCUT2D eigenvalue weighted by molar-refractivity contribution is 7.92. The van der Waals surface area contributed by atoms with Gasteiger partial charge in [-0.1, -0.05) is 11.6 Å². The lowest BCUT2D eigenvalue weighted by molar-refractivity contribution is 0.0526. The van der Waals surface area contributed by atoms with Crippen LogP contribution in [0.1, 0.15) is 17.3 Å². The van der Waals surface area contributed by atoms with E-state index in [1.54, 1.807) is 6.92 Å².